The van der Waals surface area contributed by atoms with E-state index in [1.807, 2.05) is 12.1 Å². The molecule has 136 valence electrons. The van der Waals surface area contributed by atoms with E-state index in [4.69, 9.17) is 11.6 Å². The topological polar surface area (TPSA) is 37.3 Å². The van der Waals surface area contributed by atoms with Gasteiger partial charge in [0.15, 0.2) is 0 Å². The smallest absolute Gasteiger partial charge is 0.317 e. The molecule has 0 atom stereocenters. The minimum Gasteiger partial charge on any atom is -0.347 e. The summed E-state index contributed by atoms with van der Waals surface area (Å²) in [4.78, 5) is 13.6. The van der Waals surface area contributed by atoms with Crippen molar-refractivity contribution in [2.24, 2.45) is 0 Å². The first-order valence-corrected chi connectivity index (χ1v) is 8.90. The van der Waals surface area contributed by atoms with Crippen LogP contribution in [0.25, 0.3) is 10.9 Å². The number of urea groups is 1. The van der Waals surface area contributed by atoms with Crippen LogP contribution in [0.2, 0.25) is 5.02 Å². The van der Waals surface area contributed by atoms with E-state index in [0.29, 0.717) is 17.1 Å². The number of nitrogens with zero attached hydrogens (tertiary/aromatic N) is 2. The highest BCUT2D eigenvalue weighted by Crippen LogP contribution is 2.20. The molecule has 0 fully saturated rings. The van der Waals surface area contributed by atoms with Crippen molar-refractivity contribution < 1.29 is 9.18 Å². The van der Waals surface area contributed by atoms with Crippen LogP contribution in [-0.4, -0.2) is 29.1 Å². The van der Waals surface area contributed by atoms with Crippen molar-refractivity contribution in [1.82, 2.24) is 14.8 Å². The molecule has 3 rings (SSSR count). The van der Waals surface area contributed by atoms with E-state index in [1.54, 1.807) is 19.2 Å². The molecule has 0 aliphatic carbocycles. The highest BCUT2D eigenvalue weighted by Gasteiger charge is 2.13. The Kier molecular flexibility index (Phi) is 5.78. The second-order valence-corrected chi connectivity index (χ2v) is 6.62. The fourth-order valence-electron chi connectivity index (χ4n) is 2.91. The average Bonchev–Trinajstić information content (AvgIpc) is 3.05. The Labute approximate surface area is 157 Å². The van der Waals surface area contributed by atoms with Crippen LogP contribution >= 0.6 is 11.6 Å². The molecule has 3 aromatic rings. The molecule has 26 heavy (non-hydrogen) atoms. The molecular formula is C20H21ClFN3O. The SMILES string of the molecule is CN(Cc1c(F)cccc1Cl)C(=O)NCCCn1ccc2ccccc21. The summed E-state index contributed by atoms with van der Waals surface area (Å²) in [5.41, 5.74) is 1.51. The predicted octanol–water partition coefficient (Wildman–Crippen LogP) is 4.67. The molecule has 0 unspecified atom stereocenters. The van der Waals surface area contributed by atoms with Gasteiger partial charge in [0, 0.05) is 42.4 Å². The van der Waals surface area contributed by atoms with Crippen molar-refractivity contribution >= 4 is 28.5 Å². The fourth-order valence-corrected chi connectivity index (χ4v) is 3.13. The van der Waals surface area contributed by atoms with Crippen molar-refractivity contribution in [3.8, 4) is 0 Å². The van der Waals surface area contributed by atoms with Crippen molar-refractivity contribution in [3.63, 3.8) is 0 Å². The maximum atomic E-state index is 13.8. The number of para-hydroxylation sites is 1. The van der Waals surface area contributed by atoms with Crippen molar-refractivity contribution in [1.29, 1.82) is 0 Å². The van der Waals surface area contributed by atoms with Crippen LogP contribution in [0.4, 0.5) is 9.18 Å². The van der Waals surface area contributed by atoms with Crippen LogP contribution < -0.4 is 5.32 Å². The minimum atomic E-state index is -0.406. The molecule has 2 amide bonds. The summed E-state index contributed by atoms with van der Waals surface area (Å²) in [5.74, 6) is -0.406. The number of hydrogen-bond acceptors (Lipinski definition) is 1. The number of aryl methyl sites for hydroxylation is 1. The van der Waals surface area contributed by atoms with E-state index in [9.17, 15) is 9.18 Å². The lowest BCUT2D eigenvalue weighted by Gasteiger charge is -2.19. The van der Waals surface area contributed by atoms with Crippen LogP contribution in [-0.2, 0) is 13.1 Å². The number of aromatic nitrogens is 1. The van der Waals surface area contributed by atoms with E-state index in [-0.39, 0.29) is 12.6 Å². The molecule has 1 aromatic heterocycles. The number of amides is 2. The average molecular weight is 374 g/mol. The summed E-state index contributed by atoms with van der Waals surface area (Å²) >= 11 is 6.01. The zero-order valence-corrected chi connectivity index (χ0v) is 15.3. The van der Waals surface area contributed by atoms with Gasteiger partial charge in [0.25, 0.3) is 0 Å². The van der Waals surface area contributed by atoms with Gasteiger partial charge in [-0.3, -0.25) is 0 Å². The zero-order valence-electron chi connectivity index (χ0n) is 14.6. The Morgan fingerprint density at radius 2 is 2.00 bits per heavy atom. The Morgan fingerprint density at radius 1 is 1.19 bits per heavy atom. The zero-order chi connectivity index (χ0) is 18.5. The predicted molar refractivity (Wildman–Crippen MR) is 103 cm³/mol. The Hall–Kier alpha value is -2.53. The van der Waals surface area contributed by atoms with E-state index in [2.05, 4.69) is 34.3 Å². The Morgan fingerprint density at radius 3 is 2.81 bits per heavy atom. The molecule has 2 aromatic carbocycles. The Bertz CT molecular complexity index is 889. The quantitative estimate of drug-likeness (QED) is 0.626. The lowest BCUT2D eigenvalue weighted by molar-refractivity contribution is 0.206. The first-order chi connectivity index (χ1) is 12.6. The van der Waals surface area contributed by atoms with Gasteiger partial charge in [-0.1, -0.05) is 35.9 Å². The molecule has 0 saturated carbocycles. The van der Waals surface area contributed by atoms with Gasteiger partial charge in [-0.25, -0.2) is 9.18 Å². The van der Waals surface area contributed by atoms with Crippen LogP contribution in [0.5, 0.6) is 0 Å². The number of hydrogen-bond donors (Lipinski definition) is 1. The lowest BCUT2D eigenvalue weighted by Crippen LogP contribution is -2.37. The highest BCUT2D eigenvalue weighted by molar-refractivity contribution is 6.31. The number of nitrogens with one attached hydrogen (secondary N) is 1. The number of benzene rings is 2. The third-order valence-corrected chi connectivity index (χ3v) is 4.69. The largest absolute Gasteiger partial charge is 0.347 e. The molecule has 0 bridgehead atoms. The minimum absolute atomic E-state index is 0.125. The van der Waals surface area contributed by atoms with E-state index in [1.165, 1.54) is 21.9 Å². The summed E-state index contributed by atoms with van der Waals surface area (Å²) in [6.45, 7) is 1.48. The summed E-state index contributed by atoms with van der Waals surface area (Å²) in [6, 6.07) is 14.5. The van der Waals surface area contributed by atoms with E-state index < -0.39 is 5.82 Å². The van der Waals surface area contributed by atoms with Crippen molar-refractivity contribution in [2.75, 3.05) is 13.6 Å². The van der Waals surface area contributed by atoms with Crippen LogP contribution in [0.15, 0.2) is 54.7 Å². The molecule has 0 aliphatic rings. The Balaban J connectivity index is 1.48. The van der Waals surface area contributed by atoms with E-state index >= 15 is 0 Å². The van der Waals surface area contributed by atoms with E-state index in [0.717, 1.165) is 13.0 Å². The van der Waals surface area contributed by atoms with Crippen LogP contribution in [0.1, 0.15) is 12.0 Å². The second-order valence-electron chi connectivity index (χ2n) is 6.21. The molecule has 0 radical (unpaired) electrons. The van der Waals surface area contributed by atoms with Gasteiger partial charge in [-0.05, 0) is 36.1 Å². The van der Waals surface area contributed by atoms with Gasteiger partial charge >= 0.3 is 6.03 Å². The normalized spacial score (nSPS) is 10.9. The highest BCUT2D eigenvalue weighted by atomic mass is 35.5. The molecule has 6 heteroatoms. The fraction of sp³-hybridized carbons (Fsp3) is 0.250. The molecule has 1 heterocycles. The number of carbonyl (C=O) groups excluding carboxylic acids is 1. The standard InChI is InChI=1S/C20H21ClFN3O/c1-24(14-16-17(21)7-4-8-18(16)22)20(26)23-11-5-12-25-13-10-15-6-2-3-9-19(15)25/h2-4,6-10,13H,5,11-12,14H2,1H3,(H,23,26). The van der Waals surface area contributed by atoms with Gasteiger partial charge in [-0.15, -0.1) is 0 Å². The molecule has 0 saturated heterocycles. The summed E-state index contributed by atoms with van der Waals surface area (Å²) in [7, 11) is 1.62. The van der Waals surface area contributed by atoms with Gasteiger partial charge < -0.3 is 14.8 Å². The maximum Gasteiger partial charge on any atom is 0.317 e. The van der Waals surface area contributed by atoms with Crippen LogP contribution in [0.3, 0.4) is 0 Å². The molecule has 0 aliphatic heterocycles. The summed E-state index contributed by atoms with van der Waals surface area (Å²) in [5, 5.41) is 4.39. The summed E-state index contributed by atoms with van der Waals surface area (Å²) in [6.07, 6.45) is 2.86. The molecule has 1 N–H and O–H groups in total. The summed E-state index contributed by atoms with van der Waals surface area (Å²) < 4.78 is 16.0. The van der Waals surface area contributed by atoms with Gasteiger partial charge in [0.05, 0.1) is 6.54 Å². The second kappa shape index (κ2) is 8.23. The van der Waals surface area contributed by atoms with Gasteiger partial charge in [-0.2, -0.15) is 0 Å². The number of rotatable bonds is 6. The monoisotopic (exact) mass is 373 g/mol. The molecule has 4 nitrogen and oxygen atoms in total. The van der Waals surface area contributed by atoms with Crippen LogP contribution in [0, 0.1) is 5.82 Å². The van der Waals surface area contributed by atoms with Crippen molar-refractivity contribution in [3.05, 3.63) is 71.1 Å². The maximum absolute atomic E-state index is 13.8. The number of halogens is 2. The number of fused-ring (bicyclic) bond motifs is 1. The van der Waals surface area contributed by atoms with Gasteiger partial charge in [0.2, 0.25) is 0 Å². The first-order valence-electron chi connectivity index (χ1n) is 8.52. The number of carbonyl (C=O) groups is 1. The van der Waals surface area contributed by atoms with Gasteiger partial charge in [0.1, 0.15) is 5.82 Å². The lowest BCUT2D eigenvalue weighted by atomic mass is 10.2. The third kappa shape index (κ3) is 4.17. The first kappa shape index (κ1) is 18.3. The third-order valence-electron chi connectivity index (χ3n) is 4.34. The van der Waals surface area contributed by atoms with Crippen molar-refractivity contribution in [2.45, 2.75) is 19.5 Å². The molecular weight excluding hydrogens is 353 g/mol. The molecule has 0 spiro atoms.